The Kier molecular flexibility index (Phi) is 7.66. The van der Waals surface area contributed by atoms with Crippen LogP contribution in [0, 0.1) is 0 Å². The van der Waals surface area contributed by atoms with Gasteiger partial charge in [0, 0.05) is 26.6 Å². The second kappa shape index (κ2) is 9.39. The van der Waals surface area contributed by atoms with Crippen molar-refractivity contribution in [1.29, 1.82) is 0 Å². The van der Waals surface area contributed by atoms with Gasteiger partial charge in [0.2, 0.25) is 5.91 Å². The van der Waals surface area contributed by atoms with Crippen molar-refractivity contribution in [1.82, 2.24) is 10.6 Å². The van der Waals surface area contributed by atoms with E-state index in [1.807, 2.05) is 12.1 Å². The molecule has 0 aliphatic carbocycles. The van der Waals surface area contributed by atoms with Crippen LogP contribution in [0.5, 0.6) is 5.75 Å². The van der Waals surface area contributed by atoms with Gasteiger partial charge in [-0.25, -0.2) is 0 Å². The highest BCUT2D eigenvalue weighted by Crippen LogP contribution is 2.12. The Morgan fingerprint density at radius 2 is 1.95 bits per heavy atom. The third-order valence-electron chi connectivity index (χ3n) is 2.69. The molecule has 0 radical (unpaired) electrons. The summed E-state index contributed by atoms with van der Waals surface area (Å²) in [6, 6.07) is 8.13. The highest BCUT2D eigenvalue weighted by molar-refractivity contribution is 5.72. The minimum absolute atomic E-state index is 0.00961. The van der Waals surface area contributed by atoms with Gasteiger partial charge in [-0.2, -0.15) is 0 Å². The summed E-state index contributed by atoms with van der Waals surface area (Å²) < 4.78 is 5.60. The second-order valence-electron chi connectivity index (χ2n) is 4.51. The molecular weight excluding hydrogens is 240 g/mol. The summed E-state index contributed by atoms with van der Waals surface area (Å²) in [4.78, 5) is 10.7. The van der Waals surface area contributed by atoms with E-state index in [0.29, 0.717) is 6.54 Å². The van der Waals surface area contributed by atoms with Crippen molar-refractivity contribution in [2.75, 3.05) is 19.7 Å². The van der Waals surface area contributed by atoms with Gasteiger partial charge in [0.25, 0.3) is 0 Å². The molecule has 1 rings (SSSR count). The number of hydrogen-bond donors (Lipinski definition) is 2. The van der Waals surface area contributed by atoms with Crippen molar-refractivity contribution in [3.8, 4) is 5.75 Å². The zero-order valence-corrected chi connectivity index (χ0v) is 11.9. The predicted molar refractivity (Wildman–Crippen MR) is 77.2 cm³/mol. The van der Waals surface area contributed by atoms with Gasteiger partial charge in [0.05, 0.1) is 6.61 Å². The van der Waals surface area contributed by atoms with Crippen LogP contribution in [0.3, 0.4) is 0 Å². The van der Waals surface area contributed by atoms with Crippen molar-refractivity contribution in [3.63, 3.8) is 0 Å². The van der Waals surface area contributed by atoms with E-state index < -0.39 is 0 Å². The summed E-state index contributed by atoms with van der Waals surface area (Å²) in [5, 5.41) is 6.02. The van der Waals surface area contributed by atoms with Crippen molar-refractivity contribution in [2.45, 2.75) is 33.2 Å². The number of rotatable bonds is 9. The molecule has 0 heterocycles. The molecule has 1 aromatic carbocycles. The highest BCUT2D eigenvalue weighted by atomic mass is 16.5. The van der Waals surface area contributed by atoms with E-state index >= 15 is 0 Å². The molecule has 4 nitrogen and oxygen atoms in total. The van der Waals surface area contributed by atoms with E-state index in [2.05, 4.69) is 29.7 Å². The summed E-state index contributed by atoms with van der Waals surface area (Å²) >= 11 is 0. The molecule has 0 atom stereocenters. The van der Waals surface area contributed by atoms with Crippen LogP contribution < -0.4 is 15.4 Å². The smallest absolute Gasteiger partial charge is 0.216 e. The lowest BCUT2D eigenvalue weighted by Gasteiger charge is -2.08. The third kappa shape index (κ3) is 7.47. The highest BCUT2D eigenvalue weighted by Gasteiger charge is 1.96. The Balaban J connectivity index is 2.18. The largest absolute Gasteiger partial charge is 0.494 e. The summed E-state index contributed by atoms with van der Waals surface area (Å²) in [6.07, 6.45) is 2.24. The molecule has 0 saturated carbocycles. The quantitative estimate of drug-likeness (QED) is 0.672. The summed E-state index contributed by atoms with van der Waals surface area (Å²) in [5.74, 6) is 0.936. The summed E-state index contributed by atoms with van der Waals surface area (Å²) in [5.41, 5.74) is 1.21. The minimum atomic E-state index is 0.00961. The average Bonchev–Trinajstić information content (AvgIpc) is 2.40. The number of carbonyl (C=O) groups excluding carboxylic acids is 1. The van der Waals surface area contributed by atoms with Crippen LogP contribution in [0.25, 0.3) is 0 Å². The van der Waals surface area contributed by atoms with Crippen LogP contribution >= 0.6 is 0 Å². The summed E-state index contributed by atoms with van der Waals surface area (Å²) in [7, 11) is 0. The van der Waals surface area contributed by atoms with Crippen LogP contribution in [0.1, 0.15) is 32.3 Å². The zero-order valence-electron chi connectivity index (χ0n) is 11.9. The molecule has 1 amide bonds. The molecule has 106 valence electrons. The van der Waals surface area contributed by atoms with E-state index in [0.717, 1.165) is 38.3 Å². The van der Waals surface area contributed by atoms with Gasteiger partial charge in [-0.05, 0) is 24.1 Å². The molecule has 19 heavy (non-hydrogen) atoms. The van der Waals surface area contributed by atoms with E-state index in [-0.39, 0.29) is 5.91 Å². The Labute approximate surface area is 115 Å². The average molecular weight is 264 g/mol. The van der Waals surface area contributed by atoms with E-state index in [9.17, 15) is 4.79 Å². The molecule has 2 N–H and O–H groups in total. The Morgan fingerprint density at radius 1 is 1.21 bits per heavy atom. The van der Waals surface area contributed by atoms with Gasteiger partial charge in [-0.3, -0.25) is 4.79 Å². The molecule has 4 heteroatoms. The van der Waals surface area contributed by atoms with Gasteiger partial charge in [0.1, 0.15) is 5.75 Å². The first-order valence-electron chi connectivity index (χ1n) is 6.89. The first-order valence-corrected chi connectivity index (χ1v) is 6.89. The number of hydrogen-bond acceptors (Lipinski definition) is 3. The van der Waals surface area contributed by atoms with Crippen molar-refractivity contribution < 1.29 is 9.53 Å². The fourth-order valence-electron chi connectivity index (χ4n) is 1.60. The van der Waals surface area contributed by atoms with Crippen LogP contribution in [0.15, 0.2) is 24.3 Å². The Bertz CT molecular complexity index is 363. The number of benzene rings is 1. The standard InChI is InChI=1S/C15H24N2O2/c1-3-4-11-19-15-7-5-14(6-8-15)12-16-9-10-17-13(2)18/h5-8,16H,3-4,9-12H2,1-2H3,(H,17,18). The lowest BCUT2D eigenvalue weighted by molar-refractivity contribution is -0.118. The Hall–Kier alpha value is -1.55. The third-order valence-corrected chi connectivity index (χ3v) is 2.69. The number of unbranched alkanes of at least 4 members (excludes halogenated alkanes) is 1. The molecule has 0 aliphatic heterocycles. The van der Waals surface area contributed by atoms with Gasteiger partial charge in [-0.1, -0.05) is 25.5 Å². The van der Waals surface area contributed by atoms with Crippen molar-refractivity contribution in [3.05, 3.63) is 29.8 Å². The number of ether oxygens (including phenoxy) is 1. The molecular formula is C15H24N2O2. The maximum atomic E-state index is 10.7. The topological polar surface area (TPSA) is 50.4 Å². The van der Waals surface area contributed by atoms with E-state index in [4.69, 9.17) is 4.74 Å². The molecule has 0 spiro atoms. The maximum absolute atomic E-state index is 10.7. The fourth-order valence-corrected chi connectivity index (χ4v) is 1.60. The fraction of sp³-hybridized carbons (Fsp3) is 0.533. The van der Waals surface area contributed by atoms with Crippen LogP contribution in [0.2, 0.25) is 0 Å². The van der Waals surface area contributed by atoms with Gasteiger partial charge in [0.15, 0.2) is 0 Å². The Morgan fingerprint density at radius 3 is 2.58 bits per heavy atom. The van der Waals surface area contributed by atoms with Crippen molar-refractivity contribution in [2.24, 2.45) is 0 Å². The number of amides is 1. The lowest BCUT2D eigenvalue weighted by atomic mass is 10.2. The molecule has 1 aromatic rings. The second-order valence-corrected chi connectivity index (χ2v) is 4.51. The molecule has 0 fully saturated rings. The monoisotopic (exact) mass is 264 g/mol. The van der Waals surface area contributed by atoms with Gasteiger partial charge < -0.3 is 15.4 Å². The number of carbonyl (C=O) groups is 1. The first kappa shape index (κ1) is 15.5. The van der Waals surface area contributed by atoms with Gasteiger partial charge in [-0.15, -0.1) is 0 Å². The molecule has 0 aliphatic rings. The molecule has 0 unspecified atom stereocenters. The first-order chi connectivity index (χ1) is 9.22. The van der Waals surface area contributed by atoms with Crippen LogP contribution in [-0.2, 0) is 11.3 Å². The zero-order chi connectivity index (χ0) is 13.9. The van der Waals surface area contributed by atoms with Gasteiger partial charge >= 0.3 is 0 Å². The number of nitrogens with one attached hydrogen (secondary N) is 2. The van der Waals surface area contributed by atoms with E-state index in [1.54, 1.807) is 0 Å². The molecule has 0 bridgehead atoms. The summed E-state index contributed by atoms with van der Waals surface area (Å²) in [6.45, 7) is 6.69. The predicted octanol–water partition coefficient (Wildman–Crippen LogP) is 2.09. The molecule has 0 saturated heterocycles. The normalized spacial score (nSPS) is 10.2. The lowest BCUT2D eigenvalue weighted by Crippen LogP contribution is -2.29. The van der Waals surface area contributed by atoms with Crippen LogP contribution in [0.4, 0.5) is 0 Å². The maximum Gasteiger partial charge on any atom is 0.216 e. The SMILES string of the molecule is CCCCOc1ccc(CNCCNC(C)=O)cc1. The molecule has 0 aromatic heterocycles. The van der Waals surface area contributed by atoms with Crippen LogP contribution in [-0.4, -0.2) is 25.6 Å². The van der Waals surface area contributed by atoms with Crippen molar-refractivity contribution >= 4 is 5.91 Å². The van der Waals surface area contributed by atoms with E-state index in [1.165, 1.54) is 12.5 Å². The minimum Gasteiger partial charge on any atom is -0.494 e.